The summed E-state index contributed by atoms with van der Waals surface area (Å²) in [7, 11) is 0. The highest BCUT2D eigenvalue weighted by Crippen LogP contribution is 2.38. The van der Waals surface area contributed by atoms with Crippen molar-refractivity contribution in [3.63, 3.8) is 0 Å². The van der Waals surface area contributed by atoms with Crippen LogP contribution in [-0.2, 0) is 10.2 Å². The zero-order valence-electron chi connectivity index (χ0n) is 13.7. The van der Waals surface area contributed by atoms with Gasteiger partial charge < -0.3 is 9.64 Å². The van der Waals surface area contributed by atoms with Crippen molar-refractivity contribution >= 4 is 6.09 Å². The Morgan fingerprint density at radius 3 is 2.73 bits per heavy atom. The summed E-state index contributed by atoms with van der Waals surface area (Å²) in [4.78, 5) is 18.3. The van der Waals surface area contributed by atoms with Gasteiger partial charge in [-0.1, -0.05) is 13.0 Å². The molecule has 2 heterocycles. The summed E-state index contributed by atoms with van der Waals surface area (Å²) in [6.07, 6.45) is 1.97. The number of piperidine rings is 1. The average Bonchev–Trinajstić information content (AvgIpc) is 2.46. The molecule has 0 unspecified atom stereocenters. The first-order chi connectivity index (χ1) is 10.3. The number of nitriles is 1. The van der Waals surface area contributed by atoms with Crippen molar-refractivity contribution in [2.45, 2.75) is 45.1 Å². The van der Waals surface area contributed by atoms with Crippen molar-refractivity contribution in [3.8, 4) is 6.07 Å². The van der Waals surface area contributed by atoms with Crippen LogP contribution in [0.25, 0.3) is 0 Å². The van der Waals surface area contributed by atoms with Crippen LogP contribution < -0.4 is 0 Å². The normalized spacial score (nSPS) is 25.4. The molecular formula is C17H23N3O2. The summed E-state index contributed by atoms with van der Waals surface area (Å²) in [6, 6.07) is 8.08. The van der Waals surface area contributed by atoms with Gasteiger partial charge >= 0.3 is 6.09 Å². The molecule has 1 aromatic rings. The van der Waals surface area contributed by atoms with E-state index in [0.29, 0.717) is 19.5 Å². The van der Waals surface area contributed by atoms with Crippen LogP contribution in [0.3, 0.4) is 0 Å². The summed E-state index contributed by atoms with van der Waals surface area (Å²) < 4.78 is 5.42. The number of ether oxygens (including phenoxy) is 1. The lowest BCUT2D eigenvalue weighted by molar-refractivity contribution is 0.0116. The van der Waals surface area contributed by atoms with Crippen molar-refractivity contribution in [2.75, 3.05) is 13.1 Å². The van der Waals surface area contributed by atoms with Gasteiger partial charge in [-0.2, -0.15) is 5.26 Å². The summed E-state index contributed by atoms with van der Waals surface area (Å²) in [6.45, 7) is 8.56. The number of hydrogen-bond acceptors (Lipinski definition) is 4. The lowest BCUT2D eigenvalue weighted by Crippen LogP contribution is -2.51. The fraction of sp³-hybridized carbons (Fsp3) is 0.588. The number of carbonyl (C=O) groups is 1. The molecule has 2 atom stereocenters. The smallest absolute Gasteiger partial charge is 0.410 e. The number of carbonyl (C=O) groups excluding carboxylic acids is 1. The summed E-state index contributed by atoms with van der Waals surface area (Å²) >= 11 is 0. The van der Waals surface area contributed by atoms with E-state index in [9.17, 15) is 10.1 Å². The molecule has 5 nitrogen and oxygen atoms in total. The number of aromatic nitrogens is 1. The van der Waals surface area contributed by atoms with Gasteiger partial charge in [0.15, 0.2) is 0 Å². The van der Waals surface area contributed by atoms with Crippen molar-refractivity contribution in [3.05, 3.63) is 30.1 Å². The number of nitrogens with zero attached hydrogens (tertiary/aromatic N) is 3. The molecule has 0 aromatic carbocycles. The van der Waals surface area contributed by atoms with Crippen molar-refractivity contribution in [1.29, 1.82) is 5.26 Å². The first-order valence-electron chi connectivity index (χ1n) is 7.59. The molecule has 118 valence electrons. The molecule has 0 saturated carbocycles. The first kappa shape index (κ1) is 16.3. The van der Waals surface area contributed by atoms with Crippen molar-refractivity contribution in [1.82, 2.24) is 9.88 Å². The van der Waals surface area contributed by atoms with Crippen LogP contribution in [0.4, 0.5) is 4.79 Å². The number of hydrogen-bond donors (Lipinski definition) is 0. The summed E-state index contributed by atoms with van der Waals surface area (Å²) in [5, 5.41) is 9.75. The fourth-order valence-corrected chi connectivity index (χ4v) is 2.86. The molecule has 1 aliphatic heterocycles. The van der Waals surface area contributed by atoms with Gasteiger partial charge in [0.05, 0.1) is 11.8 Å². The number of likely N-dealkylation sites (tertiary alicyclic amines) is 1. The molecule has 0 bridgehead atoms. The Hall–Kier alpha value is -2.09. The lowest BCUT2D eigenvalue weighted by atomic mass is 9.69. The molecule has 2 rings (SSSR count). The van der Waals surface area contributed by atoms with Gasteiger partial charge in [-0.25, -0.2) is 4.79 Å². The SMILES string of the molecule is C[C@@H]1CN(C(=O)OC(C)(C)C)CC[C@@]1(C#N)c1ccccn1. The van der Waals surface area contributed by atoms with E-state index >= 15 is 0 Å². The highest BCUT2D eigenvalue weighted by molar-refractivity contribution is 5.68. The highest BCUT2D eigenvalue weighted by atomic mass is 16.6. The molecule has 1 saturated heterocycles. The van der Waals surface area contributed by atoms with Crippen LogP contribution in [0, 0.1) is 17.2 Å². The van der Waals surface area contributed by atoms with Crippen LogP contribution in [0.2, 0.25) is 0 Å². The lowest BCUT2D eigenvalue weighted by Gasteiger charge is -2.42. The standard InChI is InChI=1S/C17H23N3O2/c1-13-11-20(15(21)22-16(2,3)4)10-8-17(13,12-18)14-7-5-6-9-19-14/h5-7,9,13H,8,10-11H2,1-4H3/t13-,17+/m1/s1. The maximum Gasteiger partial charge on any atom is 0.410 e. The van der Waals surface area contributed by atoms with E-state index in [0.717, 1.165) is 5.69 Å². The van der Waals surface area contributed by atoms with Gasteiger partial charge in [0, 0.05) is 19.3 Å². The van der Waals surface area contributed by atoms with Crippen LogP contribution in [0.1, 0.15) is 39.8 Å². The molecule has 5 heteroatoms. The van der Waals surface area contributed by atoms with Crippen LogP contribution >= 0.6 is 0 Å². The molecule has 0 radical (unpaired) electrons. The Balaban J connectivity index is 2.16. The topological polar surface area (TPSA) is 66.2 Å². The summed E-state index contributed by atoms with van der Waals surface area (Å²) in [5.74, 6) is -0.00586. The second-order valence-electron chi connectivity index (χ2n) is 6.88. The van der Waals surface area contributed by atoms with Gasteiger partial charge in [-0.3, -0.25) is 4.98 Å². The van der Waals surface area contributed by atoms with E-state index in [1.165, 1.54) is 0 Å². The Bertz CT molecular complexity index is 574. The Morgan fingerprint density at radius 2 is 2.23 bits per heavy atom. The molecule has 0 N–H and O–H groups in total. The minimum absolute atomic E-state index is 0.00586. The van der Waals surface area contributed by atoms with Gasteiger partial charge in [0.1, 0.15) is 11.0 Å². The maximum absolute atomic E-state index is 12.2. The third kappa shape index (κ3) is 3.22. The predicted molar refractivity (Wildman–Crippen MR) is 83.1 cm³/mol. The van der Waals surface area contributed by atoms with Gasteiger partial charge in [0.2, 0.25) is 0 Å². The number of amides is 1. The Labute approximate surface area is 131 Å². The predicted octanol–water partition coefficient (Wildman–Crippen LogP) is 3.12. The zero-order valence-corrected chi connectivity index (χ0v) is 13.7. The van der Waals surface area contributed by atoms with Gasteiger partial charge in [-0.15, -0.1) is 0 Å². The molecule has 0 spiro atoms. The van der Waals surface area contributed by atoms with E-state index < -0.39 is 11.0 Å². The highest BCUT2D eigenvalue weighted by Gasteiger charge is 2.45. The largest absolute Gasteiger partial charge is 0.444 e. The van der Waals surface area contributed by atoms with Crippen molar-refractivity contribution in [2.24, 2.45) is 5.92 Å². The van der Waals surface area contributed by atoms with E-state index in [2.05, 4.69) is 11.1 Å². The molecule has 1 aromatic heterocycles. The van der Waals surface area contributed by atoms with Crippen LogP contribution in [0.15, 0.2) is 24.4 Å². The van der Waals surface area contributed by atoms with Crippen LogP contribution in [-0.4, -0.2) is 34.7 Å². The Kier molecular flexibility index (Phi) is 4.41. The second kappa shape index (κ2) is 5.96. The maximum atomic E-state index is 12.2. The zero-order chi connectivity index (χ0) is 16.4. The van der Waals surface area contributed by atoms with Gasteiger partial charge in [0.25, 0.3) is 0 Å². The molecule has 1 fully saturated rings. The number of rotatable bonds is 1. The average molecular weight is 301 g/mol. The van der Waals surface area contributed by atoms with Gasteiger partial charge in [-0.05, 0) is 45.2 Å². The van der Waals surface area contributed by atoms with E-state index in [1.807, 2.05) is 45.9 Å². The quantitative estimate of drug-likeness (QED) is 0.799. The molecule has 1 aliphatic rings. The fourth-order valence-electron chi connectivity index (χ4n) is 2.86. The molecular weight excluding hydrogens is 278 g/mol. The van der Waals surface area contributed by atoms with E-state index in [-0.39, 0.29) is 12.0 Å². The van der Waals surface area contributed by atoms with E-state index in [4.69, 9.17) is 4.74 Å². The molecule has 22 heavy (non-hydrogen) atoms. The van der Waals surface area contributed by atoms with Crippen molar-refractivity contribution < 1.29 is 9.53 Å². The minimum Gasteiger partial charge on any atom is -0.444 e. The number of pyridine rings is 1. The van der Waals surface area contributed by atoms with E-state index in [1.54, 1.807) is 11.1 Å². The van der Waals surface area contributed by atoms with Crippen LogP contribution in [0.5, 0.6) is 0 Å². The Morgan fingerprint density at radius 1 is 1.50 bits per heavy atom. The third-order valence-corrected chi connectivity index (χ3v) is 4.08. The molecule has 0 aliphatic carbocycles. The minimum atomic E-state index is -0.639. The third-order valence-electron chi connectivity index (χ3n) is 4.08. The monoisotopic (exact) mass is 301 g/mol. The first-order valence-corrected chi connectivity index (χ1v) is 7.59. The summed E-state index contributed by atoms with van der Waals surface area (Å²) in [5.41, 5.74) is -0.362. The second-order valence-corrected chi connectivity index (χ2v) is 6.88. The molecule has 1 amide bonds.